The zero-order valence-electron chi connectivity index (χ0n) is 12.8. The van der Waals surface area contributed by atoms with Gasteiger partial charge in [0, 0.05) is 13.1 Å². The Morgan fingerprint density at radius 2 is 1.86 bits per heavy atom. The third kappa shape index (κ3) is 3.52. The Hall–Kier alpha value is -0.780. The van der Waals surface area contributed by atoms with Crippen molar-refractivity contribution in [3.8, 4) is 0 Å². The Bertz CT molecular complexity index is 619. The molecule has 0 amide bonds. The predicted octanol–water partition coefficient (Wildman–Crippen LogP) is 3.51. The first kappa shape index (κ1) is 16.6. The van der Waals surface area contributed by atoms with Crippen molar-refractivity contribution in [3.05, 3.63) is 23.2 Å². The molecule has 0 aromatic heterocycles. The van der Waals surface area contributed by atoms with Crippen molar-refractivity contribution in [2.75, 3.05) is 12.8 Å². The summed E-state index contributed by atoms with van der Waals surface area (Å²) >= 11 is 5.86. The molecule has 1 fully saturated rings. The number of sulfonamides is 1. The van der Waals surface area contributed by atoms with Crippen LogP contribution in [0, 0.1) is 5.41 Å². The maximum absolute atomic E-state index is 12.7. The maximum Gasteiger partial charge on any atom is 0.243 e. The highest BCUT2D eigenvalue weighted by Crippen LogP contribution is 2.38. The Morgan fingerprint density at radius 3 is 2.38 bits per heavy atom. The quantitative estimate of drug-likeness (QED) is 0.862. The zero-order valence-corrected chi connectivity index (χ0v) is 14.3. The Morgan fingerprint density at radius 1 is 1.29 bits per heavy atom. The molecule has 1 aromatic rings. The Balaban J connectivity index is 2.21. The molecule has 2 N–H and O–H groups in total. The molecule has 21 heavy (non-hydrogen) atoms. The van der Waals surface area contributed by atoms with E-state index in [1.165, 1.54) is 22.5 Å². The monoisotopic (exact) mass is 330 g/mol. The van der Waals surface area contributed by atoms with Crippen molar-refractivity contribution < 1.29 is 8.42 Å². The van der Waals surface area contributed by atoms with E-state index in [0.717, 1.165) is 25.7 Å². The second-order valence-electron chi connectivity index (χ2n) is 6.60. The molecular formula is C15H23ClN2O2S. The Kier molecular flexibility index (Phi) is 4.57. The molecule has 1 aromatic carbocycles. The lowest BCUT2D eigenvalue weighted by molar-refractivity contribution is 0.174. The summed E-state index contributed by atoms with van der Waals surface area (Å²) in [6.07, 6.45) is 3.87. The molecule has 0 heterocycles. The molecular weight excluding hydrogens is 308 g/mol. The second-order valence-corrected chi connectivity index (χ2v) is 9.00. The average Bonchev–Trinajstić information content (AvgIpc) is 2.41. The fourth-order valence-corrected chi connectivity index (χ4v) is 4.36. The first-order valence-electron chi connectivity index (χ1n) is 7.16. The number of nitrogens with two attached hydrogens (primary N) is 1. The Labute approximate surface area is 132 Å². The van der Waals surface area contributed by atoms with Gasteiger partial charge in [0.15, 0.2) is 0 Å². The molecule has 0 radical (unpaired) electrons. The van der Waals surface area contributed by atoms with Crippen LogP contribution in [0.1, 0.15) is 39.5 Å². The van der Waals surface area contributed by atoms with E-state index < -0.39 is 10.0 Å². The molecule has 0 unspecified atom stereocenters. The van der Waals surface area contributed by atoms with Gasteiger partial charge in [-0.1, -0.05) is 25.4 Å². The van der Waals surface area contributed by atoms with Gasteiger partial charge in [-0.25, -0.2) is 8.42 Å². The summed E-state index contributed by atoms with van der Waals surface area (Å²) in [6, 6.07) is 4.53. The number of nitrogen functional groups attached to an aromatic ring is 1. The third-order valence-electron chi connectivity index (χ3n) is 4.47. The largest absolute Gasteiger partial charge is 0.397 e. The lowest BCUT2D eigenvalue weighted by Gasteiger charge is -2.38. The average molecular weight is 331 g/mol. The number of nitrogens with zero attached hydrogens (tertiary/aromatic N) is 1. The van der Waals surface area contributed by atoms with Crippen LogP contribution in [0.15, 0.2) is 23.1 Å². The second kappa shape index (κ2) is 5.78. The molecule has 1 aliphatic carbocycles. The molecule has 6 heteroatoms. The topological polar surface area (TPSA) is 63.4 Å². The number of hydrogen-bond acceptors (Lipinski definition) is 3. The van der Waals surface area contributed by atoms with Gasteiger partial charge in [0.25, 0.3) is 0 Å². The van der Waals surface area contributed by atoms with E-state index in [2.05, 4.69) is 13.8 Å². The van der Waals surface area contributed by atoms with Crippen LogP contribution in [0.5, 0.6) is 0 Å². The lowest BCUT2D eigenvalue weighted by atomic mass is 9.76. The molecule has 0 spiro atoms. The molecule has 0 aliphatic heterocycles. The van der Waals surface area contributed by atoms with Gasteiger partial charge in [-0.2, -0.15) is 4.31 Å². The van der Waals surface area contributed by atoms with Crippen molar-refractivity contribution in [1.29, 1.82) is 0 Å². The smallest absolute Gasteiger partial charge is 0.243 e. The normalized spacial score (nSPS) is 19.9. The summed E-state index contributed by atoms with van der Waals surface area (Å²) in [5, 5.41) is 0.371. The highest BCUT2D eigenvalue weighted by atomic mass is 35.5. The minimum absolute atomic E-state index is 0.0555. The van der Waals surface area contributed by atoms with Crippen LogP contribution in [-0.4, -0.2) is 25.8 Å². The van der Waals surface area contributed by atoms with E-state index in [4.69, 9.17) is 17.3 Å². The molecule has 0 atom stereocenters. The molecule has 118 valence electrons. The van der Waals surface area contributed by atoms with Crippen molar-refractivity contribution >= 4 is 27.3 Å². The van der Waals surface area contributed by atoms with Gasteiger partial charge in [-0.15, -0.1) is 0 Å². The van der Waals surface area contributed by atoms with Crippen LogP contribution in [-0.2, 0) is 10.0 Å². The molecule has 1 aliphatic rings. The van der Waals surface area contributed by atoms with Crippen LogP contribution < -0.4 is 5.73 Å². The van der Waals surface area contributed by atoms with Gasteiger partial charge in [0.05, 0.1) is 15.6 Å². The van der Waals surface area contributed by atoms with Crippen molar-refractivity contribution in [2.45, 2.75) is 50.5 Å². The zero-order chi connectivity index (χ0) is 15.8. The number of halogens is 1. The first-order chi connectivity index (χ1) is 9.63. The van der Waals surface area contributed by atoms with E-state index >= 15 is 0 Å². The number of hydrogen-bond donors (Lipinski definition) is 1. The van der Waals surface area contributed by atoms with Crippen LogP contribution in [0.25, 0.3) is 0 Å². The summed E-state index contributed by atoms with van der Waals surface area (Å²) in [6.45, 7) is 4.47. The molecule has 1 saturated carbocycles. The highest BCUT2D eigenvalue weighted by molar-refractivity contribution is 7.89. The van der Waals surface area contributed by atoms with Gasteiger partial charge in [-0.05, 0) is 49.3 Å². The minimum Gasteiger partial charge on any atom is -0.397 e. The fourth-order valence-electron chi connectivity index (χ4n) is 2.79. The van der Waals surface area contributed by atoms with E-state index in [9.17, 15) is 8.42 Å². The standard InChI is InChI=1S/C15H23ClN2O2S/c1-15(2)8-6-11(7-9-15)18(3)21(19,20)12-4-5-13(16)14(17)10-12/h4-5,10-11H,6-9,17H2,1-3H3. The summed E-state index contributed by atoms with van der Waals surface area (Å²) < 4.78 is 26.9. The van der Waals surface area contributed by atoms with Gasteiger partial charge in [-0.3, -0.25) is 0 Å². The molecule has 4 nitrogen and oxygen atoms in total. The summed E-state index contributed by atoms with van der Waals surface area (Å²) in [4.78, 5) is 0.205. The fraction of sp³-hybridized carbons (Fsp3) is 0.600. The molecule has 0 saturated heterocycles. The van der Waals surface area contributed by atoms with Gasteiger partial charge >= 0.3 is 0 Å². The van der Waals surface area contributed by atoms with Crippen LogP contribution in [0.3, 0.4) is 0 Å². The maximum atomic E-state index is 12.7. The number of benzene rings is 1. The predicted molar refractivity (Wildman–Crippen MR) is 86.9 cm³/mol. The van der Waals surface area contributed by atoms with E-state index in [1.54, 1.807) is 7.05 Å². The van der Waals surface area contributed by atoms with Crippen LogP contribution in [0.4, 0.5) is 5.69 Å². The van der Waals surface area contributed by atoms with Crippen LogP contribution in [0.2, 0.25) is 5.02 Å². The third-order valence-corrected chi connectivity index (χ3v) is 6.72. The number of anilines is 1. The minimum atomic E-state index is -3.52. The van der Waals surface area contributed by atoms with E-state index in [1.807, 2.05) is 0 Å². The van der Waals surface area contributed by atoms with Crippen molar-refractivity contribution in [3.63, 3.8) is 0 Å². The molecule has 2 rings (SSSR count). The molecule has 0 bridgehead atoms. The van der Waals surface area contributed by atoms with Crippen LogP contribution >= 0.6 is 11.6 Å². The van der Waals surface area contributed by atoms with E-state index in [-0.39, 0.29) is 16.6 Å². The van der Waals surface area contributed by atoms with Crippen molar-refractivity contribution in [2.24, 2.45) is 5.41 Å². The first-order valence-corrected chi connectivity index (χ1v) is 8.98. The highest BCUT2D eigenvalue weighted by Gasteiger charge is 2.34. The van der Waals surface area contributed by atoms with E-state index in [0.29, 0.717) is 10.4 Å². The summed E-state index contributed by atoms with van der Waals surface area (Å²) in [5.41, 5.74) is 6.32. The van der Waals surface area contributed by atoms with Gasteiger partial charge < -0.3 is 5.73 Å². The lowest BCUT2D eigenvalue weighted by Crippen LogP contribution is -2.40. The van der Waals surface area contributed by atoms with Gasteiger partial charge in [0.1, 0.15) is 0 Å². The summed E-state index contributed by atoms with van der Waals surface area (Å²) in [5.74, 6) is 0. The van der Waals surface area contributed by atoms with Crippen molar-refractivity contribution in [1.82, 2.24) is 4.31 Å². The van der Waals surface area contributed by atoms with Gasteiger partial charge in [0.2, 0.25) is 10.0 Å². The SMILES string of the molecule is CN(C1CCC(C)(C)CC1)S(=O)(=O)c1ccc(Cl)c(N)c1. The summed E-state index contributed by atoms with van der Waals surface area (Å²) in [7, 11) is -1.86. The number of rotatable bonds is 3.